The molecule has 1 heterocycles. The predicted molar refractivity (Wildman–Crippen MR) is 57.0 cm³/mol. The van der Waals surface area contributed by atoms with Crippen LogP contribution in [0.15, 0.2) is 0 Å². The van der Waals surface area contributed by atoms with Crippen molar-refractivity contribution in [3.63, 3.8) is 0 Å². The fourth-order valence-corrected chi connectivity index (χ4v) is 2.47. The average molecular weight is 202 g/mol. The number of rotatable bonds is 4. The summed E-state index contributed by atoms with van der Waals surface area (Å²) in [6.45, 7) is 3.32. The third kappa shape index (κ3) is 4.52. The number of hydrogen-bond donors (Lipinski definition) is 2. The SMILES string of the molecule is CCNCC(=O)NC1CCSCC1. The maximum Gasteiger partial charge on any atom is 0.234 e. The lowest BCUT2D eigenvalue weighted by molar-refractivity contribution is -0.120. The smallest absolute Gasteiger partial charge is 0.234 e. The second kappa shape index (κ2) is 6.27. The molecule has 1 aliphatic rings. The lowest BCUT2D eigenvalue weighted by Gasteiger charge is -2.22. The highest BCUT2D eigenvalue weighted by Crippen LogP contribution is 2.16. The summed E-state index contributed by atoms with van der Waals surface area (Å²) in [6, 6.07) is 0.424. The van der Waals surface area contributed by atoms with Gasteiger partial charge in [-0.3, -0.25) is 4.79 Å². The Hall–Kier alpha value is -0.220. The van der Waals surface area contributed by atoms with Crippen LogP contribution in [0.1, 0.15) is 19.8 Å². The number of thioether (sulfide) groups is 1. The second-order valence-corrected chi connectivity index (χ2v) is 4.46. The van der Waals surface area contributed by atoms with Crippen LogP contribution in [0.5, 0.6) is 0 Å². The summed E-state index contributed by atoms with van der Waals surface area (Å²) in [4.78, 5) is 11.3. The van der Waals surface area contributed by atoms with Gasteiger partial charge in [-0.1, -0.05) is 6.92 Å². The molecule has 4 heteroatoms. The molecular formula is C9H18N2OS. The second-order valence-electron chi connectivity index (χ2n) is 3.23. The number of amides is 1. The van der Waals surface area contributed by atoms with Gasteiger partial charge in [0.25, 0.3) is 0 Å². The maximum atomic E-state index is 11.3. The Kier molecular flexibility index (Phi) is 5.23. The van der Waals surface area contributed by atoms with E-state index >= 15 is 0 Å². The van der Waals surface area contributed by atoms with Crippen molar-refractivity contribution in [3.05, 3.63) is 0 Å². The number of nitrogens with one attached hydrogen (secondary N) is 2. The van der Waals surface area contributed by atoms with Gasteiger partial charge in [0.2, 0.25) is 5.91 Å². The largest absolute Gasteiger partial charge is 0.352 e. The van der Waals surface area contributed by atoms with E-state index in [4.69, 9.17) is 0 Å². The number of carbonyl (C=O) groups excluding carboxylic acids is 1. The van der Waals surface area contributed by atoms with Crippen molar-refractivity contribution in [2.75, 3.05) is 24.6 Å². The van der Waals surface area contributed by atoms with E-state index < -0.39 is 0 Å². The monoisotopic (exact) mass is 202 g/mol. The molecule has 0 radical (unpaired) electrons. The van der Waals surface area contributed by atoms with Crippen molar-refractivity contribution in [3.8, 4) is 0 Å². The van der Waals surface area contributed by atoms with Gasteiger partial charge >= 0.3 is 0 Å². The number of hydrogen-bond acceptors (Lipinski definition) is 3. The van der Waals surface area contributed by atoms with Crippen molar-refractivity contribution in [1.29, 1.82) is 0 Å². The lowest BCUT2D eigenvalue weighted by Crippen LogP contribution is -2.41. The fraction of sp³-hybridized carbons (Fsp3) is 0.889. The van der Waals surface area contributed by atoms with Crippen LogP contribution in [-0.4, -0.2) is 36.5 Å². The van der Waals surface area contributed by atoms with Gasteiger partial charge in [-0.2, -0.15) is 11.8 Å². The third-order valence-electron chi connectivity index (χ3n) is 2.12. The average Bonchev–Trinajstić information content (AvgIpc) is 2.16. The molecule has 13 heavy (non-hydrogen) atoms. The van der Waals surface area contributed by atoms with Crippen LogP contribution in [-0.2, 0) is 4.79 Å². The van der Waals surface area contributed by atoms with E-state index in [1.807, 2.05) is 18.7 Å². The van der Waals surface area contributed by atoms with E-state index in [0.29, 0.717) is 12.6 Å². The quantitative estimate of drug-likeness (QED) is 0.702. The minimum atomic E-state index is 0.138. The van der Waals surface area contributed by atoms with Crippen molar-refractivity contribution in [1.82, 2.24) is 10.6 Å². The lowest BCUT2D eigenvalue weighted by atomic mass is 10.1. The summed E-state index contributed by atoms with van der Waals surface area (Å²) >= 11 is 1.98. The summed E-state index contributed by atoms with van der Waals surface area (Å²) in [6.07, 6.45) is 2.26. The van der Waals surface area contributed by atoms with Gasteiger partial charge in [0.15, 0.2) is 0 Å². The Morgan fingerprint density at radius 3 is 2.77 bits per heavy atom. The van der Waals surface area contributed by atoms with Crippen LogP contribution in [0.3, 0.4) is 0 Å². The van der Waals surface area contributed by atoms with Gasteiger partial charge in [-0.15, -0.1) is 0 Å². The molecule has 2 N–H and O–H groups in total. The van der Waals surface area contributed by atoms with E-state index in [0.717, 1.165) is 19.4 Å². The zero-order valence-electron chi connectivity index (χ0n) is 8.14. The summed E-state index contributed by atoms with van der Waals surface area (Å²) in [5, 5.41) is 6.06. The maximum absolute atomic E-state index is 11.3. The first-order valence-electron chi connectivity index (χ1n) is 4.90. The van der Waals surface area contributed by atoms with Crippen molar-refractivity contribution >= 4 is 17.7 Å². The zero-order chi connectivity index (χ0) is 9.52. The molecule has 1 fully saturated rings. The van der Waals surface area contributed by atoms with Crippen LogP contribution < -0.4 is 10.6 Å². The van der Waals surface area contributed by atoms with E-state index in [2.05, 4.69) is 10.6 Å². The van der Waals surface area contributed by atoms with Crippen LogP contribution in [0, 0.1) is 0 Å². The van der Waals surface area contributed by atoms with Gasteiger partial charge in [0, 0.05) is 6.04 Å². The molecule has 1 amide bonds. The van der Waals surface area contributed by atoms with Gasteiger partial charge in [0.1, 0.15) is 0 Å². The molecule has 0 aromatic rings. The number of carbonyl (C=O) groups is 1. The van der Waals surface area contributed by atoms with Crippen LogP contribution >= 0.6 is 11.8 Å². The highest BCUT2D eigenvalue weighted by molar-refractivity contribution is 7.99. The van der Waals surface area contributed by atoms with Crippen LogP contribution in [0.4, 0.5) is 0 Å². The summed E-state index contributed by atoms with van der Waals surface area (Å²) in [5.74, 6) is 2.51. The normalized spacial score (nSPS) is 18.5. The van der Waals surface area contributed by atoms with Crippen LogP contribution in [0.2, 0.25) is 0 Å². The molecule has 0 spiro atoms. The Morgan fingerprint density at radius 1 is 1.46 bits per heavy atom. The van der Waals surface area contributed by atoms with Crippen molar-refractivity contribution < 1.29 is 4.79 Å². The van der Waals surface area contributed by atoms with Crippen LogP contribution in [0.25, 0.3) is 0 Å². The number of likely N-dealkylation sites (N-methyl/N-ethyl adjacent to an activating group) is 1. The first-order chi connectivity index (χ1) is 6.33. The minimum absolute atomic E-state index is 0.138. The Balaban J connectivity index is 2.11. The first kappa shape index (κ1) is 10.9. The third-order valence-corrected chi connectivity index (χ3v) is 3.17. The van der Waals surface area contributed by atoms with Crippen molar-refractivity contribution in [2.24, 2.45) is 0 Å². The summed E-state index contributed by atoms with van der Waals surface area (Å²) < 4.78 is 0. The fourth-order valence-electron chi connectivity index (χ4n) is 1.36. The molecule has 1 saturated heterocycles. The Bertz CT molecular complexity index is 158. The topological polar surface area (TPSA) is 41.1 Å². The molecule has 0 aromatic carbocycles. The van der Waals surface area contributed by atoms with Gasteiger partial charge in [0.05, 0.1) is 6.54 Å². The van der Waals surface area contributed by atoms with E-state index in [1.54, 1.807) is 0 Å². The summed E-state index contributed by atoms with van der Waals surface area (Å²) in [5.41, 5.74) is 0. The van der Waals surface area contributed by atoms with E-state index in [-0.39, 0.29) is 5.91 Å². The van der Waals surface area contributed by atoms with Crippen molar-refractivity contribution in [2.45, 2.75) is 25.8 Å². The van der Waals surface area contributed by atoms with Gasteiger partial charge < -0.3 is 10.6 Å². The Morgan fingerprint density at radius 2 is 2.15 bits per heavy atom. The van der Waals surface area contributed by atoms with Gasteiger partial charge in [-0.25, -0.2) is 0 Å². The standard InChI is InChI=1S/C9H18N2OS/c1-2-10-7-9(12)11-8-3-5-13-6-4-8/h8,10H,2-7H2,1H3,(H,11,12). The summed E-state index contributed by atoms with van der Waals surface area (Å²) in [7, 11) is 0. The molecule has 76 valence electrons. The molecule has 3 nitrogen and oxygen atoms in total. The predicted octanol–water partition coefficient (Wildman–Crippen LogP) is 0.608. The molecule has 0 aromatic heterocycles. The van der Waals surface area contributed by atoms with Gasteiger partial charge in [-0.05, 0) is 30.9 Å². The molecule has 0 aliphatic carbocycles. The zero-order valence-corrected chi connectivity index (χ0v) is 8.95. The molecule has 1 aliphatic heterocycles. The molecule has 0 atom stereocenters. The van der Waals surface area contributed by atoms with E-state index in [9.17, 15) is 4.79 Å². The molecule has 0 saturated carbocycles. The molecule has 1 rings (SSSR count). The minimum Gasteiger partial charge on any atom is -0.352 e. The molecule has 0 unspecified atom stereocenters. The highest BCUT2D eigenvalue weighted by atomic mass is 32.2. The molecular weight excluding hydrogens is 184 g/mol. The Labute approximate surface area is 84.0 Å². The van der Waals surface area contributed by atoms with E-state index in [1.165, 1.54) is 11.5 Å². The molecule has 0 bridgehead atoms. The highest BCUT2D eigenvalue weighted by Gasteiger charge is 2.14. The first-order valence-corrected chi connectivity index (χ1v) is 6.06.